The van der Waals surface area contributed by atoms with Gasteiger partial charge in [-0.1, -0.05) is 6.07 Å². The number of aryl methyl sites for hydroxylation is 1. The normalized spacial score (nSPS) is 12.4. The number of rotatable bonds is 3. The monoisotopic (exact) mass is 232 g/mol. The summed E-state index contributed by atoms with van der Waals surface area (Å²) >= 11 is 0. The zero-order chi connectivity index (χ0) is 12.3. The van der Waals surface area contributed by atoms with E-state index < -0.39 is 0 Å². The van der Waals surface area contributed by atoms with Gasteiger partial charge in [-0.2, -0.15) is 10.2 Å². The highest BCUT2D eigenvalue weighted by atomic mass is 19.1. The number of nitrogens with one attached hydrogen (secondary N) is 1. The molecule has 1 aromatic carbocycles. The molecule has 2 rings (SSSR count). The average molecular weight is 232 g/mol. The first-order chi connectivity index (χ1) is 8.20. The van der Waals surface area contributed by atoms with Gasteiger partial charge in [0.05, 0.1) is 12.2 Å². The van der Waals surface area contributed by atoms with Gasteiger partial charge in [-0.15, -0.1) is 0 Å². The van der Waals surface area contributed by atoms with E-state index in [4.69, 9.17) is 5.84 Å². The number of halogens is 1. The van der Waals surface area contributed by atoms with Crippen LogP contribution >= 0.6 is 0 Å². The SMILES string of the molecule is Cc1cc(F)cc(C(NN)c2ccnnc2)c1. The molecule has 0 spiro atoms. The molecule has 1 heterocycles. The summed E-state index contributed by atoms with van der Waals surface area (Å²) in [6.07, 6.45) is 3.18. The molecule has 1 atom stereocenters. The molecule has 3 N–H and O–H groups in total. The highest BCUT2D eigenvalue weighted by molar-refractivity contribution is 5.32. The van der Waals surface area contributed by atoms with Crippen LogP contribution in [-0.2, 0) is 0 Å². The lowest BCUT2D eigenvalue weighted by Gasteiger charge is -2.16. The van der Waals surface area contributed by atoms with Gasteiger partial charge in [-0.25, -0.2) is 9.82 Å². The first-order valence-corrected chi connectivity index (χ1v) is 5.20. The van der Waals surface area contributed by atoms with Crippen LogP contribution in [0.3, 0.4) is 0 Å². The van der Waals surface area contributed by atoms with E-state index in [1.54, 1.807) is 18.5 Å². The van der Waals surface area contributed by atoms with E-state index in [9.17, 15) is 4.39 Å². The van der Waals surface area contributed by atoms with Crippen LogP contribution in [-0.4, -0.2) is 10.2 Å². The molecule has 4 nitrogen and oxygen atoms in total. The van der Waals surface area contributed by atoms with Gasteiger partial charge in [-0.3, -0.25) is 5.84 Å². The van der Waals surface area contributed by atoms with E-state index in [2.05, 4.69) is 15.6 Å². The zero-order valence-electron chi connectivity index (χ0n) is 9.39. The van der Waals surface area contributed by atoms with E-state index >= 15 is 0 Å². The van der Waals surface area contributed by atoms with Crippen LogP contribution in [0.5, 0.6) is 0 Å². The molecule has 2 aromatic rings. The van der Waals surface area contributed by atoms with Crippen LogP contribution in [0.4, 0.5) is 4.39 Å². The fraction of sp³-hybridized carbons (Fsp3) is 0.167. The van der Waals surface area contributed by atoms with Gasteiger partial charge in [0.15, 0.2) is 0 Å². The largest absolute Gasteiger partial charge is 0.271 e. The summed E-state index contributed by atoms with van der Waals surface area (Å²) in [7, 11) is 0. The molecule has 0 aliphatic heterocycles. The molecular weight excluding hydrogens is 219 g/mol. The van der Waals surface area contributed by atoms with Crippen molar-refractivity contribution in [1.82, 2.24) is 15.6 Å². The van der Waals surface area contributed by atoms with Gasteiger partial charge < -0.3 is 0 Å². The summed E-state index contributed by atoms with van der Waals surface area (Å²) in [5.41, 5.74) is 5.11. The van der Waals surface area contributed by atoms with Crippen LogP contribution < -0.4 is 11.3 Å². The molecule has 5 heteroatoms. The number of nitrogens with zero attached hydrogens (tertiary/aromatic N) is 2. The molecule has 1 unspecified atom stereocenters. The van der Waals surface area contributed by atoms with Crippen LogP contribution in [0.25, 0.3) is 0 Å². The number of hydrazine groups is 1. The van der Waals surface area contributed by atoms with Crippen molar-refractivity contribution in [2.75, 3.05) is 0 Å². The third-order valence-electron chi connectivity index (χ3n) is 2.50. The molecule has 0 bridgehead atoms. The minimum absolute atomic E-state index is 0.276. The Balaban J connectivity index is 2.42. The minimum Gasteiger partial charge on any atom is -0.271 e. The van der Waals surface area contributed by atoms with Crippen molar-refractivity contribution >= 4 is 0 Å². The number of hydrogen-bond acceptors (Lipinski definition) is 4. The van der Waals surface area contributed by atoms with Gasteiger partial charge in [0.25, 0.3) is 0 Å². The Hall–Kier alpha value is -1.85. The minimum atomic E-state index is -0.292. The molecule has 0 aliphatic rings. The second-order valence-corrected chi connectivity index (χ2v) is 3.84. The van der Waals surface area contributed by atoms with Crippen LogP contribution in [0.2, 0.25) is 0 Å². The Kier molecular flexibility index (Phi) is 3.41. The first-order valence-electron chi connectivity index (χ1n) is 5.20. The number of hydrogen-bond donors (Lipinski definition) is 2. The van der Waals surface area contributed by atoms with Crippen molar-refractivity contribution in [1.29, 1.82) is 0 Å². The highest BCUT2D eigenvalue weighted by Gasteiger charge is 2.13. The molecule has 0 aliphatic carbocycles. The van der Waals surface area contributed by atoms with Crippen molar-refractivity contribution in [3.8, 4) is 0 Å². The number of aromatic nitrogens is 2. The van der Waals surface area contributed by atoms with E-state index in [0.717, 1.165) is 16.7 Å². The van der Waals surface area contributed by atoms with Crippen molar-refractivity contribution in [3.05, 3.63) is 59.2 Å². The summed E-state index contributed by atoms with van der Waals surface area (Å²) in [5.74, 6) is 5.24. The van der Waals surface area contributed by atoms with Crippen LogP contribution in [0.1, 0.15) is 22.7 Å². The number of nitrogens with two attached hydrogens (primary N) is 1. The lowest BCUT2D eigenvalue weighted by atomic mass is 9.99. The Bertz CT molecular complexity index is 481. The van der Waals surface area contributed by atoms with Gasteiger partial charge in [0, 0.05) is 6.20 Å². The molecule has 0 radical (unpaired) electrons. The molecule has 0 amide bonds. The van der Waals surface area contributed by atoms with Gasteiger partial charge in [0.1, 0.15) is 5.82 Å². The molecule has 0 saturated carbocycles. The average Bonchev–Trinajstić information content (AvgIpc) is 2.30. The van der Waals surface area contributed by atoms with E-state index in [-0.39, 0.29) is 11.9 Å². The maximum Gasteiger partial charge on any atom is 0.123 e. The van der Waals surface area contributed by atoms with Gasteiger partial charge in [0.2, 0.25) is 0 Å². The Labute approximate surface area is 98.7 Å². The summed E-state index contributed by atoms with van der Waals surface area (Å²) in [6.45, 7) is 1.84. The van der Waals surface area contributed by atoms with Crippen molar-refractivity contribution < 1.29 is 4.39 Å². The topological polar surface area (TPSA) is 63.8 Å². The van der Waals surface area contributed by atoms with Crippen molar-refractivity contribution in [3.63, 3.8) is 0 Å². The Morgan fingerprint density at radius 2 is 2.06 bits per heavy atom. The van der Waals surface area contributed by atoms with Crippen molar-refractivity contribution in [2.45, 2.75) is 13.0 Å². The zero-order valence-corrected chi connectivity index (χ0v) is 9.39. The smallest absolute Gasteiger partial charge is 0.123 e. The lowest BCUT2D eigenvalue weighted by molar-refractivity contribution is 0.602. The molecule has 0 saturated heterocycles. The highest BCUT2D eigenvalue weighted by Crippen LogP contribution is 2.22. The Morgan fingerprint density at radius 3 is 2.65 bits per heavy atom. The first kappa shape index (κ1) is 11.6. The van der Waals surface area contributed by atoms with E-state index in [1.807, 2.05) is 13.0 Å². The summed E-state index contributed by atoms with van der Waals surface area (Å²) in [5, 5.41) is 7.48. The van der Waals surface area contributed by atoms with Crippen LogP contribution in [0, 0.1) is 12.7 Å². The maximum absolute atomic E-state index is 13.3. The third-order valence-corrected chi connectivity index (χ3v) is 2.50. The number of benzene rings is 1. The summed E-state index contributed by atoms with van der Waals surface area (Å²) < 4.78 is 13.3. The molecule has 0 fully saturated rings. The Morgan fingerprint density at radius 1 is 1.24 bits per heavy atom. The predicted octanol–water partition coefficient (Wildman–Crippen LogP) is 1.48. The predicted molar refractivity (Wildman–Crippen MR) is 62.3 cm³/mol. The quantitative estimate of drug-likeness (QED) is 0.621. The lowest BCUT2D eigenvalue weighted by Crippen LogP contribution is -2.29. The summed E-state index contributed by atoms with van der Waals surface area (Å²) in [6, 6.07) is 6.31. The molecular formula is C12H13FN4. The van der Waals surface area contributed by atoms with Crippen molar-refractivity contribution in [2.24, 2.45) is 5.84 Å². The van der Waals surface area contributed by atoms with Gasteiger partial charge >= 0.3 is 0 Å². The van der Waals surface area contributed by atoms with Gasteiger partial charge in [-0.05, 0) is 41.8 Å². The third kappa shape index (κ3) is 2.64. The summed E-state index contributed by atoms with van der Waals surface area (Å²) in [4.78, 5) is 0. The standard InChI is InChI=1S/C12H13FN4/c1-8-4-10(6-11(13)5-8)12(17-14)9-2-3-15-16-7-9/h2-7,12,17H,14H2,1H3. The second-order valence-electron chi connectivity index (χ2n) is 3.84. The molecule has 1 aromatic heterocycles. The maximum atomic E-state index is 13.3. The van der Waals surface area contributed by atoms with E-state index in [0.29, 0.717) is 0 Å². The van der Waals surface area contributed by atoms with E-state index in [1.165, 1.54) is 12.1 Å². The van der Waals surface area contributed by atoms with Crippen LogP contribution in [0.15, 0.2) is 36.7 Å². The molecule has 17 heavy (non-hydrogen) atoms. The molecule has 88 valence electrons. The second kappa shape index (κ2) is 4.99. The fourth-order valence-corrected chi connectivity index (χ4v) is 1.79. The fourth-order valence-electron chi connectivity index (χ4n) is 1.79.